The van der Waals surface area contributed by atoms with Gasteiger partial charge < -0.3 is 4.90 Å². The topological polar surface area (TPSA) is 3.24 Å². The molecule has 0 N–H and O–H groups in total. The van der Waals surface area contributed by atoms with Gasteiger partial charge in [-0.3, -0.25) is 0 Å². The van der Waals surface area contributed by atoms with Crippen LogP contribution < -0.4 is 0 Å². The number of rotatable bonds is 2. The SMILES string of the molecule is [2H]CN(CCCl)C([2H])([2H])[2H]. The van der Waals surface area contributed by atoms with E-state index in [1.807, 2.05) is 0 Å². The molecule has 0 aromatic heterocycles. The van der Waals surface area contributed by atoms with E-state index in [1.165, 1.54) is 0 Å². The van der Waals surface area contributed by atoms with Crippen molar-refractivity contribution in [3.63, 3.8) is 0 Å². The first-order valence-corrected chi connectivity index (χ1v) is 2.16. The van der Waals surface area contributed by atoms with E-state index in [9.17, 15) is 0 Å². The van der Waals surface area contributed by atoms with E-state index >= 15 is 0 Å². The van der Waals surface area contributed by atoms with Crippen LogP contribution >= 0.6 is 11.6 Å². The Labute approximate surface area is 49.5 Å². The molecule has 0 heterocycles. The summed E-state index contributed by atoms with van der Waals surface area (Å²) < 4.78 is 27.4. The summed E-state index contributed by atoms with van der Waals surface area (Å²) in [6.07, 6.45) is 0. The first-order chi connectivity index (χ1) is 4.52. The molecular formula is C4H10ClN. The van der Waals surface area contributed by atoms with Gasteiger partial charge in [0.05, 0.1) is 0 Å². The van der Waals surface area contributed by atoms with Gasteiger partial charge in [0.15, 0.2) is 0 Å². The van der Waals surface area contributed by atoms with Gasteiger partial charge in [-0.05, 0) is 14.0 Å². The van der Waals surface area contributed by atoms with Crippen molar-refractivity contribution in [1.82, 2.24) is 4.90 Å². The van der Waals surface area contributed by atoms with E-state index in [4.69, 9.17) is 17.1 Å². The molecule has 0 spiro atoms. The van der Waals surface area contributed by atoms with Crippen LogP contribution in [0.25, 0.3) is 0 Å². The smallest absolute Gasteiger partial charge is 0.0394 e. The van der Waals surface area contributed by atoms with Gasteiger partial charge >= 0.3 is 0 Å². The third kappa shape index (κ3) is 4.25. The maximum Gasteiger partial charge on any atom is 0.0394 e. The molecular weight excluding hydrogens is 97.5 g/mol. The molecule has 0 aliphatic heterocycles. The molecule has 0 bridgehead atoms. The molecule has 0 saturated heterocycles. The summed E-state index contributed by atoms with van der Waals surface area (Å²) in [6, 6.07) is 0. The Bertz CT molecular complexity index is 93.7. The average Bonchev–Trinajstić information content (AvgIpc) is 1.80. The van der Waals surface area contributed by atoms with E-state index in [0.717, 1.165) is 4.90 Å². The predicted octanol–water partition coefficient (Wildman–Crippen LogP) is 0.787. The first kappa shape index (κ1) is 2.01. The zero-order chi connectivity index (χ0) is 8.20. The second kappa shape index (κ2) is 3.44. The lowest BCUT2D eigenvalue weighted by Crippen LogP contribution is -2.13. The van der Waals surface area contributed by atoms with Crippen LogP contribution in [-0.4, -0.2) is 31.3 Å². The Hall–Kier alpha value is 0.250. The molecule has 1 nitrogen and oxygen atoms in total. The lowest BCUT2D eigenvalue weighted by atomic mass is 10.7. The van der Waals surface area contributed by atoms with Crippen LogP contribution in [0.4, 0.5) is 0 Å². The standard InChI is InChI=1S/C4H10ClN/c1-6(2)4-3-5/h3-4H2,1-2H3/i1D,2D3. The molecule has 38 valence electrons. The van der Waals surface area contributed by atoms with E-state index in [1.54, 1.807) is 0 Å². The normalized spacial score (nSPS) is 21.7. The molecule has 0 aliphatic carbocycles. The lowest BCUT2D eigenvalue weighted by molar-refractivity contribution is 0.436. The minimum Gasteiger partial charge on any atom is -0.308 e. The summed E-state index contributed by atoms with van der Waals surface area (Å²) in [6.45, 7) is -1.93. The molecule has 0 atom stereocenters. The Morgan fingerprint density at radius 3 is 3.00 bits per heavy atom. The van der Waals surface area contributed by atoms with Crippen LogP contribution in [0.15, 0.2) is 0 Å². The van der Waals surface area contributed by atoms with Crippen molar-refractivity contribution in [1.29, 1.82) is 0 Å². The van der Waals surface area contributed by atoms with Crippen molar-refractivity contribution in [3.05, 3.63) is 0 Å². The summed E-state index contributed by atoms with van der Waals surface area (Å²) in [5, 5.41) is 0. The highest BCUT2D eigenvalue weighted by atomic mass is 35.5. The second-order valence-electron chi connectivity index (χ2n) is 0.952. The molecule has 0 aromatic carbocycles. The van der Waals surface area contributed by atoms with Crippen LogP contribution in [0.2, 0.25) is 0 Å². The van der Waals surface area contributed by atoms with Crippen LogP contribution in [0.1, 0.15) is 5.48 Å². The number of nitrogens with zero attached hydrogens (tertiary/aromatic N) is 1. The van der Waals surface area contributed by atoms with Crippen LogP contribution in [-0.2, 0) is 0 Å². The van der Waals surface area contributed by atoms with Gasteiger partial charge in [0.2, 0.25) is 0 Å². The Balaban J connectivity index is 3.81. The van der Waals surface area contributed by atoms with E-state index in [0.29, 0.717) is 0 Å². The summed E-state index contributed by atoms with van der Waals surface area (Å²) in [5.74, 6) is 0.247. The highest BCUT2D eigenvalue weighted by Crippen LogP contribution is 1.75. The second-order valence-corrected chi connectivity index (χ2v) is 1.33. The maximum absolute atomic E-state index is 6.87. The molecule has 0 unspecified atom stereocenters. The van der Waals surface area contributed by atoms with Gasteiger partial charge in [-0.25, -0.2) is 0 Å². The van der Waals surface area contributed by atoms with E-state index < -0.39 is 6.98 Å². The monoisotopic (exact) mass is 111 g/mol. The quantitative estimate of drug-likeness (QED) is 0.477. The summed E-state index contributed by atoms with van der Waals surface area (Å²) in [7, 11) is -0.233. The highest BCUT2D eigenvalue weighted by molar-refractivity contribution is 6.18. The van der Waals surface area contributed by atoms with Gasteiger partial charge in [-0.2, -0.15) is 0 Å². The molecule has 0 saturated carbocycles. The molecule has 0 aliphatic rings. The van der Waals surface area contributed by atoms with Gasteiger partial charge in [-0.1, -0.05) is 0 Å². The van der Waals surface area contributed by atoms with Crippen LogP contribution in [0.3, 0.4) is 0 Å². The minimum absolute atomic E-state index is 0.233. The predicted molar refractivity (Wildman–Crippen MR) is 29.3 cm³/mol. The largest absolute Gasteiger partial charge is 0.308 e. The van der Waals surface area contributed by atoms with Crippen molar-refractivity contribution in [2.24, 2.45) is 0 Å². The van der Waals surface area contributed by atoms with Crippen molar-refractivity contribution >= 4 is 11.6 Å². The van der Waals surface area contributed by atoms with Crippen LogP contribution in [0, 0.1) is 0 Å². The van der Waals surface area contributed by atoms with Gasteiger partial charge in [-0.15, -0.1) is 11.6 Å². The summed E-state index contributed by atoms with van der Waals surface area (Å²) in [4.78, 5) is 1.03. The molecule has 0 radical (unpaired) electrons. The van der Waals surface area contributed by atoms with Gasteiger partial charge in [0.1, 0.15) is 0 Å². The van der Waals surface area contributed by atoms with Gasteiger partial charge in [0, 0.05) is 17.9 Å². The molecule has 0 amide bonds. The maximum atomic E-state index is 6.87. The lowest BCUT2D eigenvalue weighted by Gasteiger charge is -2.02. The van der Waals surface area contributed by atoms with E-state index in [2.05, 4.69) is 0 Å². The highest BCUT2D eigenvalue weighted by Gasteiger charge is 1.81. The number of hydrogen-bond donors (Lipinski definition) is 0. The zero-order valence-corrected chi connectivity index (χ0v) is 4.20. The number of halogens is 1. The van der Waals surface area contributed by atoms with Crippen molar-refractivity contribution in [2.75, 3.05) is 26.4 Å². The molecule has 2 heteroatoms. The molecule has 0 fully saturated rings. The minimum atomic E-state index is -2.17. The fourth-order valence-corrected chi connectivity index (χ4v) is 0.306. The third-order valence-electron chi connectivity index (χ3n) is 0.354. The summed E-state index contributed by atoms with van der Waals surface area (Å²) in [5.41, 5.74) is 0. The van der Waals surface area contributed by atoms with Crippen molar-refractivity contribution in [3.8, 4) is 0 Å². The number of alkyl halides is 1. The van der Waals surface area contributed by atoms with Crippen molar-refractivity contribution < 1.29 is 5.48 Å². The fraction of sp³-hybridized carbons (Fsp3) is 1.00. The van der Waals surface area contributed by atoms with Crippen molar-refractivity contribution in [2.45, 2.75) is 0 Å². The summed E-state index contributed by atoms with van der Waals surface area (Å²) >= 11 is 5.31. The molecule has 0 rings (SSSR count). The van der Waals surface area contributed by atoms with Crippen LogP contribution in [0.5, 0.6) is 0 Å². The van der Waals surface area contributed by atoms with E-state index in [-0.39, 0.29) is 19.4 Å². The average molecular weight is 112 g/mol. The molecule has 0 aromatic rings. The zero-order valence-electron chi connectivity index (χ0n) is 7.45. The fourth-order valence-electron chi connectivity index (χ4n) is 0.102. The third-order valence-corrected chi connectivity index (χ3v) is 0.523. The Kier molecular flexibility index (Phi) is 1.15. The first-order valence-electron chi connectivity index (χ1n) is 3.83. The van der Waals surface area contributed by atoms with Gasteiger partial charge in [0.25, 0.3) is 0 Å². The molecule has 6 heavy (non-hydrogen) atoms. The number of hydrogen-bond acceptors (Lipinski definition) is 1. The Morgan fingerprint density at radius 2 is 2.83 bits per heavy atom. The Morgan fingerprint density at radius 1 is 2.00 bits per heavy atom.